The summed E-state index contributed by atoms with van der Waals surface area (Å²) in [6.45, 7) is 0.980. The second kappa shape index (κ2) is 4.48. The van der Waals surface area contributed by atoms with E-state index in [4.69, 9.17) is 5.73 Å². The van der Waals surface area contributed by atoms with Gasteiger partial charge in [-0.15, -0.1) is 0 Å². The molecule has 1 aliphatic carbocycles. The largest absolute Gasteiger partial charge is 0.416 e. The summed E-state index contributed by atoms with van der Waals surface area (Å²) in [4.78, 5) is 14.0. The number of halogens is 3. The highest BCUT2D eigenvalue weighted by Gasteiger charge is 2.53. The predicted octanol–water partition coefficient (Wildman–Crippen LogP) is 2.12. The summed E-state index contributed by atoms with van der Waals surface area (Å²) in [7, 11) is 0. The van der Waals surface area contributed by atoms with E-state index < -0.39 is 11.7 Å². The number of likely N-dealkylation sites (tertiary alicyclic amines) is 1. The summed E-state index contributed by atoms with van der Waals surface area (Å²) in [5.74, 6) is 0.576. The van der Waals surface area contributed by atoms with Gasteiger partial charge in [0.2, 0.25) is 0 Å². The number of amides is 1. The molecule has 0 spiro atoms. The Kier molecular flexibility index (Phi) is 3.01. The zero-order valence-electron chi connectivity index (χ0n) is 10.7. The maximum absolute atomic E-state index is 12.7. The van der Waals surface area contributed by atoms with Crippen LogP contribution in [0.5, 0.6) is 0 Å². The lowest BCUT2D eigenvalue weighted by Gasteiger charge is -2.26. The molecule has 1 heterocycles. The van der Waals surface area contributed by atoms with Gasteiger partial charge in [0.05, 0.1) is 5.56 Å². The second-order valence-corrected chi connectivity index (χ2v) is 5.50. The molecule has 1 aromatic rings. The van der Waals surface area contributed by atoms with E-state index in [0.29, 0.717) is 24.9 Å². The molecule has 1 aromatic carbocycles. The Balaban J connectivity index is 1.84. The highest BCUT2D eigenvalue weighted by atomic mass is 19.4. The quantitative estimate of drug-likeness (QED) is 0.904. The standard InChI is InChI=1S/C14H15F3N2O/c15-14(16,17)10-3-1-2-8(4-10)13(20)19-7-9-5-11(9)12(19)6-18/h1-4,9,11-12H,5-7,18H2/t9-,11-,12-/m1/s1. The Bertz CT molecular complexity index is 543. The lowest BCUT2D eigenvalue weighted by molar-refractivity contribution is -0.137. The van der Waals surface area contributed by atoms with E-state index in [1.807, 2.05) is 0 Å². The van der Waals surface area contributed by atoms with Crippen LogP contribution in [0.15, 0.2) is 24.3 Å². The molecule has 1 saturated heterocycles. The fourth-order valence-electron chi connectivity index (χ4n) is 3.10. The lowest BCUT2D eigenvalue weighted by Crippen LogP contribution is -2.42. The summed E-state index contributed by atoms with van der Waals surface area (Å²) in [5, 5.41) is 0. The van der Waals surface area contributed by atoms with Gasteiger partial charge >= 0.3 is 6.18 Å². The van der Waals surface area contributed by atoms with Crippen molar-refractivity contribution in [3.8, 4) is 0 Å². The molecule has 0 radical (unpaired) electrons. The average Bonchev–Trinajstić information content (AvgIpc) is 3.08. The summed E-state index contributed by atoms with van der Waals surface area (Å²) in [6, 6.07) is 4.56. The maximum Gasteiger partial charge on any atom is 0.416 e. The van der Waals surface area contributed by atoms with Crippen molar-refractivity contribution < 1.29 is 18.0 Å². The smallest absolute Gasteiger partial charge is 0.334 e. The molecule has 3 nitrogen and oxygen atoms in total. The van der Waals surface area contributed by atoms with Crippen LogP contribution in [0, 0.1) is 11.8 Å². The number of benzene rings is 1. The number of nitrogens with zero attached hydrogens (tertiary/aromatic N) is 1. The van der Waals surface area contributed by atoms with Gasteiger partial charge in [0.1, 0.15) is 0 Å². The zero-order valence-corrected chi connectivity index (χ0v) is 10.7. The minimum Gasteiger partial charge on any atom is -0.334 e. The molecule has 0 unspecified atom stereocenters. The van der Waals surface area contributed by atoms with Crippen LogP contribution in [-0.4, -0.2) is 29.9 Å². The molecule has 0 aromatic heterocycles. The number of alkyl halides is 3. The number of carbonyl (C=O) groups excluding carboxylic acids is 1. The van der Waals surface area contributed by atoms with Crippen molar-refractivity contribution in [1.29, 1.82) is 0 Å². The van der Waals surface area contributed by atoms with E-state index in [-0.39, 0.29) is 17.5 Å². The molecule has 2 fully saturated rings. The average molecular weight is 284 g/mol. The fourth-order valence-corrected chi connectivity index (χ4v) is 3.10. The minimum atomic E-state index is -4.43. The molecule has 1 aliphatic heterocycles. The van der Waals surface area contributed by atoms with Crippen LogP contribution in [-0.2, 0) is 6.18 Å². The summed E-state index contributed by atoms with van der Waals surface area (Å²) in [5.41, 5.74) is 4.97. The minimum absolute atomic E-state index is 0.0259. The van der Waals surface area contributed by atoms with Gasteiger partial charge in [0.15, 0.2) is 0 Å². The lowest BCUT2D eigenvalue weighted by atomic mass is 10.1. The first-order chi connectivity index (χ1) is 9.41. The molecule has 2 aliphatic rings. The number of carbonyl (C=O) groups is 1. The van der Waals surface area contributed by atoms with E-state index >= 15 is 0 Å². The van der Waals surface area contributed by atoms with Crippen LogP contribution in [0.1, 0.15) is 22.3 Å². The fraction of sp³-hybridized carbons (Fsp3) is 0.500. The van der Waals surface area contributed by atoms with Crippen LogP contribution in [0.4, 0.5) is 13.2 Å². The van der Waals surface area contributed by atoms with Crippen molar-refractivity contribution in [2.24, 2.45) is 17.6 Å². The van der Waals surface area contributed by atoms with Crippen molar-refractivity contribution in [3.05, 3.63) is 35.4 Å². The SMILES string of the molecule is NC[C@@H]1[C@@H]2C[C@@H]2CN1C(=O)c1cccc(C(F)(F)F)c1. The molecule has 1 amide bonds. The van der Waals surface area contributed by atoms with E-state index in [9.17, 15) is 18.0 Å². The topological polar surface area (TPSA) is 46.3 Å². The molecular weight excluding hydrogens is 269 g/mol. The zero-order chi connectivity index (χ0) is 14.5. The molecule has 20 heavy (non-hydrogen) atoms. The third kappa shape index (κ3) is 2.18. The van der Waals surface area contributed by atoms with Crippen molar-refractivity contribution in [2.75, 3.05) is 13.1 Å². The first-order valence-corrected chi connectivity index (χ1v) is 6.60. The normalized spacial score (nSPS) is 28.4. The van der Waals surface area contributed by atoms with Crippen LogP contribution >= 0.6 is 0 Å². The van der Waals surface area contributed by atoms with Crippen LogP contribution in [0.25, 0.3) is 0 Å². The Hall–Kier alpha value is -1.56. The first kappa shape index (κ1) is 13.4. The Morgan fingerprint density at radius 3 is 2.80 bits per heavy atom. The number of nitrogens with two attached hydrogens (primary N) is 1. The van der Waals surface area contributed by atoms with Gasteiger partial charge in [-0.25, -0.2) is 0 Å². The van der Waals surface area contributed by atoms with Crippen molar-refractivity contribution in [1.82, 2.24) is 4.90 Å². The second-order valence-electron chi connectivity index (χ2n) is 5.50. The highest BCUT2D eigenvalue weighted by molar-refractivity contribution is 5.95. The van der Waals surface area contributed by atoms with Crippen LogP contribution in [0.2, 0.25) is 0 Å². The monoisotopic (exact) mass is 284 g/mol. The number of hydrogen-bond donors (Lipinski definition) is 1. The van der Waals surface area contributed by atoms with E-state index in [2.05, 4.69) is 0 Å². The number of rotatable bonds is 2. The molecular formula is C14H15F3N2O. The highest BCUT2D eigenvalue weighted by Crippen LogP contribution is 2.49. The van der Waals surface area contributed by atoms with Crippen molar-refractivity contribution in [2.45, 2.75) is 18.6 Å². The molecule has 3 atom stereocenters. The number of hydrogen-bond acceptors (Lipinski definition) is 2. The molecule has 108 valence electrons. The van der Waals surface area contributed by atoms with Crippen LogP contribution in [0.3, 0.4) is 0 Å². The summed E-state index contributed by atoms with van der Waals surface area (Å²) >= 11 is 0. The third-order valence-corrected chi connectivity index (χ3v) is 4.24. The van der Waals surface area contributed by atoms with Gasteiger partial charge in [0.25, 0.3) is 5.91 Å². The van der Waals surface area contributed by atoms with E-state index in [0.717, 1.165) is 18.6 Å². The van der Waals surface area contributed by atoms with E-state index in [1.54, 1.807) is 4.90 Å². The van der Waals surface area contributed by atoms with Gasteiger partial charge in [-0.1, -0.05) is 6.07 Å². The molecule has 6 heteroatoms. The van der Waals surface area contributed by atoms with Gasteiger partial charge in [-0.3, -0.25) is 4.79 Å². The molecule has 2 N–H and O–H groups in total. The Morgan fingerprint density at radius 2 is 2.15 bits per heavy atom. The van der Waals surface area contributed by atoms with Gasteiger partial charge in [0, 0.05) is 24.7 Å². The number of piperidine rings is 1. The van der Waals surface area contributed by atoms with Crippen molar-refractivity contribution >= 4 is 5.91 Å². The predicted molar refractivity (Wildman–Crippen MR) is 66.9 cm³/mol. The Morgan fingerprint density at radius 1 is 1.40 bits per heavy atom. The summed E-state index contributed by atoms with van der Waals surface area (Å²) in [6.07, 6.45) is -3.36. The third-order valence-electron chi connectivity index (χ3n) is 4.24. The van der Waals surface area contributed by atoms with Gasteiger partial charge < -0.3 is 10.6 Å². The van der Waals surface area contributed by atoms with Gasteiger partial charge in [-0.05, 0) is 36.5 Å². The van der Waals surface area contributed by atoms with Crippen molar-refractivity contribution in [3.63, 3.8) is 0 Å². The molecule has 3 rings (SSSR count). The molecule has 0 bridgehead atoms. The Labute approximate surface area is 114 Å². The van der Waals surface area contributed by atoms with Crippen LogP contribution < -0.4 is 5.73 Å². The van der Waals surface area contributed by atoms with E-state index in [1.165, 1.54) is 12.1 Å². The maximum atomic E-state index is 12.7. The number of fused-ring (bicyclic) bond motifs is 1. The molecule has 1 saturated carbocycles. The summed E-state index contributed by atoms with van der Waals surface area (Å²) < 4.78 is 38.0. The first-order valence-electron chi connectivity index (χ1n) is 6.60. The van der Waals surface area contributed by atoms with Gasteiger partial charge in [-0.2, -0.15) is 13.2 Å².